The van der Waals surface area contributed by atoms with Gasteiger partial charge in [-0.05, 0) is 30.5 Å². The van der Waals surface area contributed by atoms with Gasteiger partial charge in [0.1, 0.15) is 0 Å². The Morgan fingerprint density at radius 1 is 1.28 bits per heavy atom. The van der Waals surface area contributed by atoms with Crippen LogP contribution in [-0.2, 0) is 10.2 Å². The second-order valence-corrected chi connectivity index (χ2v) is 7.03. The molecule has 0 amide bonds. The van der Waals surface area contributed by atoms with Crippen molar-refractivity contribution >= 4 is 41.5 Å². The zero-order chi connectivity index (χ0) is 16.8. The molecule has 1 aromatic rings. The lowest BCUT2D eigenvalue weighted by Crippen LogP contribution is -2.45. The number of benzene rings is 1. The monoisotopic (exact) mass is 478 g/mol. The summed E-state index contributed by atoms with van der Waals surface area (Å²) in [5.41, 5.74) is 1.54. The third-order valence-corrected chi connectivity index (χ3v) is 5.17. The molecule has 0 bridgehead atoms. The average Bonchev–Trinajstić information content (AvgIpc) is 3.40. The lowest BCUT2D eigenvalue weighted by Gasteiger charge is -2.27. The summed E-state index contributed by atoms with van der Waals surface area (Å²) in [5, 5.41) is 7.70. The summed E-state index contributed by atoms with van der Waals surface area (Å²) in [5.74, 6) is 0.872. The molecule has 2 N–H and O–H groups in total. The molecule has 1 aromatic carbocycles. The smallest absolute Gasteiger partial charge is 0.191 e. The maximum atomic E-state index is 6.14. The second kappa shape index (κ2) is 9.94. The van der Waals surface area contributed by atoms with E-state index in [2.05, 4.69) is 32.7 Å². The Balaban J connectivity index is 0.00000225. The van der Waals surface area contributed by atoms with Crippen molar-refractivity contribution in [3.8, 4) is 0 Å². The lowest BCUT2D eigenvalue weighted by atomic mass is 9.96. The first-order chi connectivity index (χ1) is 11.7. The molecule has 0 unspecified atom stereocenters. The molecule has 0 radical (unpaired) electrons. The van der Waals surface area contributed by atoms with Crippen LogP contribution >= 0.6 is 35.6 Å². The summed E-state index contributed by atoms with van der Waals surface area (Å²) in [7, 11) is 1.82. The molecule has 2 fully saturated rings. The minimum atomic E-state index is 0. The van der Waals surface area contributed by atoms with Crippen LogP contribution < -0.4 is 10.6 Å². The molecule has 25 heavy (non-hydrogen) atoms. The highest BCUT2D eigenvalue weighted by atomic mass is 127. The Bertz CT molecular complexity index is 574. The van der Waals surface area contributed by atoms with Crippen molar-refractivity contribution in [2.24, 2.45) is 4.99 Å². The van der Waals surface area contributed by atoms with Gasteiger partial charge in [-0.15, -0.1) is 24.0 Å². The molecule has 140 valence electrons. The van der Waals surface area contributed by atoms with Crippen molar-refractivity contribution in [3.63, 3.8) is 0 Å². The quantitative estimate of drug-likeness (QED) is 0.375. The van der Waals surface area contributed by atoms with Gasteiger partial charge in [-0.2, -0.15) is 0 Å². The third kappa shape index (κ3) is 5.98. The molecule has 1 aliphatic carbocycles. The molecule has 1 aliphatic heterocycles. The van der Waals surface area contributed by atoms with E-state index >= 15 is 0 Å². The topological polar surface area (TPSA) is 48.9 Å². The molecular weight excluding hydrogens is 451 g/mol. The fourth-order valence-electron chi connectivity index (χ4n) is 3.17. The minimum Gasteiger partial charge on any atom is -0.379 e. The predicted molar refractivity (Wildman–Crippen MR) is 114 cm³/mol. The van der Waals surface area contributed by atoms with Crippen molar-refractivity contribution in [1.82, 2.24) is 15.5 Å². The molecule has 1 heterocycles. The number of morpholine rings is 1. The van der Waals surface area contributed by atoms with Crippen LogP contribution in [0, 0.1) is 0 Å². The van der Waals surface area contributed by atoms with Crippen LogP contribution in [0.15, 0.2) is 29.3 Å². The Labute approximate surface area is 172 Å². The van der Waals surface area contributed by atoms with E-state index in [-0.39, 0.29) is 29.4 Å². The van der Waals surface area contributed by atoms with Crippen molar-refractivity contribution in [2.45, 2.75) is 18.3 Å². The fourth-order valence-corrected chi connectivity index (χ4v) is 3.36. The minimum absolute atomic E-state index is 0. The number of hydrogen-bond acceptors (Lipinski definition) is 3. The zero-order valence-electron chi connectivity index (χ0n) is 14.8. The number of guanidine groups is 1. The molecule has 0 atom stereocenters. The number of hydrogen-bond donors (Lipinski definition) is 2. The molecular formula is C18H28ClIN4O. The van der Waals surface area contributed by atoms with Gasteiger partial charge in [-0.3, -0.25) is 9.89 Å². The van der Waals surface area contributed by atoms with Crippen LogP contribution in [-0.4, -0.2) is 63.8 Å². The highest BCUT2D eigenvalue weighted by Gasteiger charge is 2.44. The van der Waals surface area contributed by atoms with Gasteiger partial charge in [0, 0.05) is 50.2 Å². The van der Waals surface area contributed by atoms with Crippen molar-refractivity contribution in [2.75, 3.05) is 53.0 Å². The van der Waals surface area contributed by atoms with E-state index in [1.807, 2.05) is 19.2 Å². The Kier molecular flexibility index (Phi) is 8.25. The SMILES string of the molecule is CN=C(NCCN1CCOCC1)NCC1(c2cccc(Cl)c2)CC1.I. The van der Waals surface area contributed by atoms with Gasteiger partial charge in [0.2, 0.25) is 0 Å². The molecule has 1 saturated heterocycles. The van der Waals surface area contributed by atoms with Crippen LogP contribution in [0.5, 0.6) is 0 Å². The van der Waals surface area contributed by atoms with Gasteiger partial charge < -0.3 is 15.4 Å². The van der Waals surface area contributed by atoms with Crippen molar-refractivity contribution in [1.29, 1.82) is 0 Å². The van der Waals surface area contributed by atoms with E-state index in [1.54, 1.807) is 0 Å². The zero-order valence-corrected chi connectivity index (χ0v) is 17.8. The van der Waals surface area contributed by atoms with E-state index < -0.39 is 0 Å². The van der Waals surface area contributed by atoms with Crippen LogP contribution in [0.4, 0.5) is 0 Å². The van der Waals surface area contributed by atoms with Gasteiger partial charge in [0.05, 0.1) is 13.2 Å². The van der Waals surface area contributed by atoms with Gasteiger partial charge in [0.15, 0.2) is 5.96 Å². The highest BCUT2D eigenvalue weighted by molar-refractivity contribution is 14.0. The summed E-state index contributed by atoms with van der Waals surface area (Å²) in [6.45, 7) is 6.53. The number of rotatable bonds is 6. The van der Waals surface area contributed by atoms with Crippen LogP contribution in [0.1, 0.15) is 18.4 Å². The molecule has 1 saturated carbocycles. The first kappa shape index (κ1) is 20.7. The maximum Gasteiger partial charge on any atom is 0.191 e. The number of ether oxygens (including phenoxy) is 1. The highest BCUT2D eigenvalue weighted by Crippen LogP contribution is 2.48. The first-order valence-corrected chi connectivity index (χ1v) is 9.10. The van der Waals surface area contributed by atoms with Gasteiger partial charge in [-0.1, -0.05) is 23.7 Å². The van der Waals surface area contributed by atoms with Crippen LogP contribution in [0.25, 0.3) is 0 Å². The molecule has 3 rings (SSSR count). The largest absolute Gasteiger partial charge is 0.379 e. The molecule has 2 aliphatic rings. The van der Waals surface area contributed by atoms with Gasteiger partial charge >= 0.3 is 0 Å². The fraction of sp³-hybridized carbons (Fsp3) is 0.611. The molecule has 0 aromatic heterocycles. The normalized spacial score (nSPS) is 19.8. The van der Waals surface area contributed by atoms with Crippen LogP contribution in [0.2, 0.25) is 5.02 Å². The lowest BCUT2D eigenvalue weighted by molar-refractivity contribution is 0.0389. The summed E-state index contributed by atoms with van der Waals surface area (Å²) in [4.78, 5) is 6.75. The van der Waals surface area contributed by atoms with E-state index in [1.165, 1.54) is 18.4 Å². The average molecular weight is 479 g/mol. The number of nitrogens with zero attached hydrogens (tertiary/aromatic N) is 2. The summed E-state index contributed by atoms with van der Waals surface area (Å²) in [6, 6.07) is 8.23. The predicted octanol–water partition coefficient (Wildman–Crippen LogP) is 2.49. The summed E-state index contributed by atoms with van der Waals surface area (Å²) < 4.78 is 5.37. The van der Waals surface area contributed by atoms with E-state index in [9.17, 15) is 0 Å². The van der Waals surface area contributed by atoms with Crippen molar-refractivity contribution < 1.29 is 4.74 Å². The van der Waals surface area contributed by atoms with E-state index in [0.29, 0.717) is 0 Å². The Morgan fingerprint density at radius 3 is 2.68 bits per heavy atom. The summed E-state index contributed by atoms with van der Waals surface area (Å²) in [6.07, 6.45) is 2.40. The molecule has 5 nitrogen and oxygen atoms in total. The molecule has 0 spiro atoms. The van der Waals surface area contributed by atoms with E-state index in [0.717, 1.165) is 56.9 Å². The third-order valence-electron chi connectivity index (χ3n) is 4.93. The van der Waals surface area contributed by atoms with Crippen LogP contribution in [0.3, 0.4) is 0 Å². The van der Waals surface area contributed by atoms with E-state index in [4.69, 9.17) is 16.3 Å². The first-order valence-electron chi connectivity index (χ1n) is 8.72. The number of aliphatic imine (C=N–C) groups is 1. The van der Waals surface area contributed by atoms with Crippen molar-refractivity contribution in [3.05, 3.63) is 34.9 Å². The summed E-state index contributed by atoms with van der Waals surface area (Å²) >= 11 is 6.14. The number of nitrogens with one attached hydrogen (secondary N) is 2. The van der Waals surface area contributed by atoms with Gasteiger partial charge in [0.25, 0.3) is 0 Å². The Morgan fingerprint density at radius 2 is 2.04 bits per heavy atom. The standard InChI is InChI=1S/C18H27ClN4O.HI/c1-20-17(21-7-8-23-9-11-24-12-10-23)22-14-18(5-6-18)15-3-2-4-16(19)13-15;/h2-4,13H,5-12,14H2,1H3,(H2,20,21,22);1H. The van der Waals surface area contributed by atoms with Gasteiger partial charge in [-0.25, -0.2) is 0 Å². The Hall–Kier alpha value is -0.570. The maximum absolute atomic E-state index is 6.14. The molecule has 7 heteroatoms. The second-order valence-electron chi connectivity index (χ2n) is 6.60. The number of halogens is 2.